The SMILES string of the molecule is CCOCCCOc1cc(C#CCCO)ccc1F. The summed E-state index contributed by atoms with van der Waals surface area (Å²) in [4.78, 5) is 0. The summed E-state index contributed by atoms with van der Waals surface area (Å²) in [5, 5.41) is 8.63. The molecule has 1 aromatic carbocycles. The third-order valence-electron chi connectivity index (χ3n) is 2.30. The van der Waals surface area contributed by atoms with Gasteiger partial charge < -0.3 is 14.6 Å². The van der Waals surface area contributed by atoms with Gasteiger partial charge in [0, 0.05) is 31.6 Å². The van der Waals surface area contributed by atoms with Gasteiger partial charge in [-0.1, -0.05) is 11.8 Å². The Morgan fingerprint density at radius 1 is 1.32 bits per heavy atom. The van der Waals surface area contributed by atoms with Gasteiger partial charge in [-0.25, -0.2) is 4.39 Å². The van der Waals surface area contributed by atoms with Crippen LogP contribution in [-0.4, -0.2) is 31.5 Å². The van der Waals surface area contributed by atoms with Gasteiger partial charge in [0.2, 0.25) is 0 Å². The molecule has 4 heteroatoms. The molecule has 1 rings (SSSR count). The minimum Gasteiger partial charge on any atom is -0.490 e. The van der Waals surface area contributed by atoms with Crippen molar-refractivity contribution in [2.45, 2.75) is 19.8 Å². The molecule has 0 bridgehead atoms. The number of aliphatic hydroxyl groups excluding tert-OH is 1. The van der Waals surface area contributed by atoms with Crippen molar-refractivity contribution in [1.29, 1.82) is 0 Å². The van der Waals surface area contributed by atoms with E-state index in [4.69, 9.17) is 14.6 Å². The van der Waals surface area contributed by atoms with Crippen molar-refractivity contribution in [2.24, 2.45) is 0 Å². The van der Waals surface area contributed by atoms with E-state index in [-0.39, 0.29) is 12.4 Å². The normalized spacial score (nSPS) is 9.84. The van der Waals surface area contributed by atoms with Gasteiger partial charge in [-0.05, 0) is 25.1 Å². The molecule has 3 nitrogen and oxygen atoms in total. The van der Waals surface area contributed by atoms with Gasteiger partial charge >= 0.3 is 0 Å². The second-order valence-electron chi connectivity index (χ2n) is 3.82. The molecule has 0 atom stereocenters. The molecule has 0 aromatic heterocycles. The largest absolute Gasteiger partial charge is 0.490 e. The van der Waals surface area contributed by atoms with E-state index >= 15 is 0 Å². The van der Waals surface area contributed by atoms with Crippen molar-refractivity contribution in [1.82, 2.24) is 0 Å². The summed E-state index contributed by atoms with van der Waals surface area (Å²) < 4.78 is 24.0. The lowest BCUT2D eigenvalue weighted by atomic mass is 10.2. The van der Waals surface area contributed by atoms with Crippen molar-refractivity contribution in [2.75, 3.05) is 26.4 Å². The summed E-state index contributed by atoms with van der Waals surface area (Å²) >= 11 is 0. The third kappa shape index (κ3) is 6.23. The summed E-state index contributed by atoms with van der Waals surface area (Å²) in [7, 11) is 0. The molecule has 0 radical (unpaired) electrons. The Hall–Kier alpha value is -1.57. The van der Waals surface area contributed by atoms with Crippen LogP contribution in [0.4, 0.5) is 4.39 Å². The molecule has 0 saturated carbocycles. The third-order valence-corrected chi connectivity index (χ3v) is 2.30. The van der Waals surface area contributed by atoms with Crippen LogP contribution < -0.4 is 4.74 Å². The van der Waals surface area contributed by atoms with Crippen molar-refractivity contribution in [3.63, 3.8) is 0 Å². The highest BCUT2D eigenvalue weighted by Gasteiger charge is 2.03. The lowest BCUT2D eigenvalue weighted by Crippen LogP contribution is -2.04. The average molecular weight is 266 g/mol. The summed E-state index contributed by atoms with van der Waals surface area (Å²) in [6, 6.07) is 4.49. The van der Waals surface area contributed by atoms with Gasteiger partial charge in [0.25, 0.3) is 0 Å². The zero-order valence-corrected chi connectivity index (χ0v) is 11.1. The lowest BCUT2D eigenvalue weighted by Gasteiger charge is -2.07. The predicted molar refractivity (Wildman–Crippen MR) is 71.6 cm³/mol. The molecule has 0 spiro atoms. The highest BCUT2D eigenvalue weighted by atomic mass is 19.1. The Morgan fingerprint density at radius 2 is 2.16 bits per heavy atom. The van der Waals surface area contributed by atoms with E-state index in [1.807, 2.05) is 6.92 Å². The number of ether oxygens (including phenoxy) is 2. The van der Waals surface area contributed by atoms with E-state index in [0.717, 1.165) is 0 Å². The first kappa shape index (κ1) is 15.5. The van der Waals surface area contributed by atoms with E-state index in [9.17, 15) is 4.39 Å². The standard InChI is InChI=1S/C15H19FO3/c1-2-18-10-5-11-19-15-12-13(6-3-4-9-17)7-8-14(15)16/h7-8,12,17H,2,4-5,9-11H2,1H3. The van der Waals surface area contributed by atoms with E-state index in [0.29, 0.717) is 38.2 Å². The molecule has 0 heterocycles. The number of hydrogen-bond acceptors (Lipinski definition) is 3. The minimum absolute atomic E-state index is 0.0228. The highest BCUT2D eigenvalue weighted by Crippen LogP contribution is 2.18. The van der Waals surface area contributed by atoms with Crippen LogP contribution in [0.25, 0.3) is 0 Å². The number of hydrogen-bond donors (Lipinski definition) is 1. The molecule has 0 fully saturated rings. The fourth-order valence-electron chi connectivity index (χ4n) is 1.40. The first-order chi connectivity index (χ1) is 9.27. The Balaban J connectivity index is 2.52. The van der Waals surface area contributed by atoms with Crippen LogP contribution >= 0.6 is 0 Å². The number of aliphatic hydroxyl groups is 1. The molecule has 19 heavy (non-hydrogen) atoms. The average Bonchev–Trinajstić information content (AvgIpc) is 2.42. The Labute approximate surface area is 113 Å². The van der Waals surface area contributed by atoms with Crippen LogP contribution in [0.2, 0.25) is 0 Å². The van der Waals surface area contributed by atoms with Crippen LogP contribution in [0.15, 0.2) is 18.2 Å². The fraction of sp³-hybridized carbons (Fsp3) is 0.467. The molecule has 104 valence electrons. The second kappa shape index (κ2) is 9.37. The van der Waals surface area contributed by atoms with E-state index in [1.54, 1.807) is 12.1 Å². The van der Waals surface area contributed by atoms with Crippen LogP contribution in [0.3, 0.4) is 0 Å². The van der Waals surface area contributed by atoms with Crippen LogP contribution in [-0.2, 0) is 4.74 Å². The molecular formula is C15H19FO3. The van der Waals surface area contributed by atoms with Crippen molar-refractivity contribution < 1.29 is 19.0 Å². The van der Waals surface area contributed by atoms with E-state index < -0.39 is 5.82 Å². The van der Waals surface area contributed by atoms with Crippen LogP contribution in [0, 0.1) is 17.7 Å². The van der Waals surface area contributed by atoms with Gasteiger partial charge in [0.1, 0.15) is 0 Å². The van der Waals surface area contributed by atoms with Gasteiger partial charge in [0.05, 0.1) is 13.2 Å². The molecule has 0 aliphatic rings. The molecule has 0 aliphatic carbocycles. The topological polar surface area (TPSA) is 38.7 Å². The Morgan fingerprint density at radius 3 is 2.89 bits per heavy atom. The predicted octanol–water partition coefficient (Wildman–Crippen LogP) is 2.37. The quantitative estimate of drug-likeness (QED) is 0.608. The zero-order valence-electron chi connectivity index (χ0n) is 11.1. The molecule has 0 saturated heterocycles. The number of rotatable bonds is 7. The highest BCUT2D eigenvalue weighted by molar-refractivity contribution is 5.40. The molecule has 1 N–H and O–H groups in total. The molecule has 0 unspecified atom stereocenters. The van der Waals surface area contributed by atoms with Gasteiger partial charge in [-0.2, -0.15) is 0 Å². The van der Waals surface area contributed by atoms with Crippen molar-refractivity contribution in [3.8, 4) is 17.6 Å². The van der Waals surface area contributed by atoms with Gasteiger partial charge in [0.15, 0.2) is 11.6 Å². The lowest BCUT2D eigenvalue weighted by molar-refractivity contribution is 0.130. The second-order valence-corrected chi connectivity index (χ2v) is 3.82. The van der Waals surface area contributed by atoms with Gasteiger partial charge in [-0.3, -0.25) is 0 Å². The van der Waals surface area contributed by atoms with Gasteiger partial charge in [-0.15, -0.1) is 0 Å². The monoisotopic (exact) mass is 266 g/mol. The number of halogens is 1. The van der Waals surface area contributed by atoms with E-state index in [2.05, 4.69) is 11.8 Å². The van der Waals surface area contributed by atoms with Crippen molar-refractivity contribution in [3.05, 3.63) is 29.6 Å². The number of benzene rings is 1. The maximum Gasteiger partial charge on any atom is 0.165 e. The molecule has 0 amide bonds. The van der Waals surface area contributed by atoms with Crippen LogP contribution in [0.5, 0.6) is 5.75 Å². The molecular weight excluding hydrogens is 247 g/mol. The molecule has 1 aromatic rings. The summed E-state index contributed by atoms with van der Waals surface area (Å²) in [5.41, 5.74) is 0.676. The maximum absolute atomic E-state index is 13.5. The summed E-state index contributed by atoms with van der Waals surface area (Å²) in [6.45, 7) is 3.63. The maximum atomic E-state index is 13.5. The Kier molecular flexibility index (Phi) is 7.64. The fourth-order valence-corrected chi connectivity index (χ4v) is 1.40. The van der Waals surface area contributed by atoms with Crippen LogP contribution in [0.1, 0.15) is 25.3 Å². The summed E-state index contributed by atoms with van der Waals surface area (Å²) in [6.07, 6.45) is 1.12. The summed E-state index contributed by atoms with van der Waals surface area (Å²) in [5.74, 6) is 5.43. The molecule has 0 aliphatic heterocycles. The first-order valence-electron chi connectivity index (χ1n) is 6.37. The first-order valence-corrected chi connectivity index (χ1v) is 6.37. The Bertz CT molecular complexity index is 435. The van der Waals surface area contributed by atoms with Crippen molar-refractivity contribution >= 4 is 0 Å². The zero-order chi connectivity index (χ0) is 13.9. The minimum atomic E-state index is -0.399. The van der Waals surface area contributed by atoms with E-state index in [1.165, 1.54) is 6.07 Å². The smallest absolute Gasteiger partial charge is 0.165 e.